The number of thiazole rings is 1. The van der Waals surface area contributed by atoms with Crippen LogP contribution in [0.5, 0.6) is 0 Å². The molecule has 0 spiro atoms. The molecule has 40 heavy (non-hydrogen) atoms. The summed E-state index contributed by atoms with van der Waals surface area (Å²) < 4.78 is 39.1. The molecule has 0 unspecified atom stereocenters. The summed E-state index contributed by atoms with van der Waals surface area (Å²) in [7, 11) is -3.82. The Morgan fingerprint density at radius 1 is 1.10 bits per heavy atom. The van der Waals surface area contributed by atoms with Gasteiger partial charge in [-0.2, -0.15) is 4.31 Å². The number of aromatic nitrogens is 1. The van der Waals surface area contributed by atoms with Gasteiger partial charge in [0.1, 0.15) is 5.76 Å². The summed E-state index contributed by atoms with van der Waals surface area (Å²) in [6.45, 7) is 4.82. The normalized spacial score (nSPS) is 14.4. The van der Waals surface area contributed by atoms with Gasteiger partial charge in [-0.3, -0.25) is 9.69 Å². The lowest BCUT2D eigenvalue weighted by molar-refractivity contribution is 0.0933. The number of rotatable bonds is 7. The second-order valence-electron chi connectivity index (χ2n) is 9.12. The molecule has 5 rings (SSSR count). The first-order valence-corrected chi connectivity index (χ1v) is 15.2. The minimum Gasteiger partial charge on any atom is -0.467 e. The Kier molecular flexibility index (Phi) is 8.13. The van der Waals surface area contributed by atoms with Gasteiger partial charge in [0.15, 0.2) is 5.13 Å². The van der Waals surface area contributed by atoms with Crippen LogP contribution in [0.15, 0.2) is 64.1 Å². The molecule has 0 N–H and O–H groups in total. The first-order valence-electron chi connectivity index (χ1n) is 12.6. The lowest BCUT2D eigenvalue weighted by atomic mass is 10.2. The van der Waals surface area contributed by atoms with Crippen LogP contribution in [-0.4, -0.2) is 67.4 Å². The minimum atomic E-state index is -3.82. The summed E-state index contributed by atoms with van der Waals surface area (Å²) in [6, 6.07) is 13.0. The monoisotopic (exact) mass is 602 g/mol. The average molecular weight is 603 g/mol. The molecule has 0 radical (unpaired) electrons. The Labute approximate surface area is 240 Å². The third-order valence-corrected chi connectivity index (χ3v) is 10.0. The molecule has 0 atom stereocenters. The number of nitrogens with zero attached hydrogens (tertiary/aromatic N) is 4. The van der Waals surface area contributed by atoms with E-state index < -0.39 is 16.1 Å². The zero-order valence-electron chi connectivity index (χ0n) is 21.9. The van der Waals surface area contributed by atoms with E-state index in [2.05, 4.69) is 0 Å². The van der Waals surface area contributed by atoms with E-state index in [1.165, 1.54) is 56.0 Å². The number of ether oxygens (including phenoxy) is 1. The van der Waals surface area contributed by atoms with Gasteiger partial charge in [0.25, 0.3) is 5.91 Å². The van der Waals surface area contributed by atoms with Crippen molar-refractivity contribution in [1.82, 2.24) is 14.2 Å². The molecule has 0 saturated carbocycles. The molecule has 10 nitrogen and oxygen atoms in total. The van der Waals surface area contributed by atoms with E-state index >= 15 is 0 Å². The van der Waals surface area contributed by atoms with Crippen LogP contribution in [0, 0.1) is 6.92 Å². The van der Waals surface area contributed by atoms with Gasteiger partial charge in [0, 0.05) is 31.7 Å². The average Bonchev–Trinajstić information content (AvgIpc) is 3.65. The van der Waals surface area contributed by atoms with E-state index in [-0.39, 0.29) is 50.1 Å². The van der Waals surface area contributed by atoms with E-state index in [4.69, 9.17) is 25.7 Å². The second-order valence-corrected chi connectivity index (χ2v) is 12.4. The summed E-state index contributed by atoms with van der Waals surface area (Å²) in [6.07, 6.45) is 1.08. The Bertz CT molecular complexity index is 1590. The van der Waals surface area contributed by atoms with Crippen LogP contribution < -0.4 is 4.90 Å². The van der Waals surface area contributed by atoms with Crippen LogP contribution in [0.2, 0.25) is 5.02 Å². The summed E-state index contributed by atoms with van der Waals surface area (Å²) in [5.41, 5.74) is 1.94. The zero-order chi connectivity index (χ0) is 28.4. The van der Waals surface area contributed by atoms with E-state index in [9.17, 15) is 18.0 Å². The lowest BCUT2D eigenvalue weighted by Gasteiger charge is -2.33. The predicted octanol–water partition coefficient (Wildman–Crippen LogP) is 5.16. The van der Waals surface area contributed by atoms with Gasteiger partial charge in [0.2, 0.25) is 10.0 Å². The third kappa shape index (κ3) is 5.57. The first kappa shape index (κ1) is 28.1. The molecule has 210 valence electrons. The molecule has 2 aromatic carbocycles. The first-order chi connectivity index (χ1) is 19.2. The van der Waals surface area contributed by atoms with E-state index in [0.717, 1.165) is 10.3 Å². The highest BCUT2D eigenvalue weighted by Crippen LogP contribution is 2.36. The molecule has 1 saturated heterocycles. The maximum absolute atomic E-state index is 13.7. The molecule has 1 fully saturated rings. The molecule has 4 aromatic rings. The van der Waals surface area contributed by atoms with Crippen molar-refractivity contribution >= 4 is 60.3 Å². The van der Waals surface area contributed by atoms with Gasteiger partial charge < -0.3 is 14.1 Å². The van der Waals surface area contributed by atoms with E-state index in [1.54, 1.807) is 25.1 Å². The minimum absolute atomic E-state index is 0.0635. The van der Waals surface area contributed by atoms with Gasteiger partial charge >= 0.3 is 6.09 Å². The number of benzene rings is 2. The fourth-order valence-electron chi connectivity index (χ4n) is 4.39. The quantitative estimate of drug-likeness (QED) is 0.287. The Hall–Kier alpha value is -3.45. The zero-order valence-corrected chi connectivity index (χ0v) is 24.3. The molecule has 2 amide bonds. The van der Waals surface area contributed by atoms with E-state index in [0.29, 0.717) is 27.0 Å². The highest BCUT2D eigenvalue weighted by atomic mass is 35.5. The number of amides is 2. The van der Waals surface area contributed by atoms with Gasteiger partial charge in [-0.15, -0.1) is 0 Å². The smallest absolute Gasteiger partial charge is 0.409 e. The molecule has 2 aromatic heterocycles. The number of hydrogen-bond donors (Lipinski definition) is 0. The van der Waals surface area contributed by atoms with Crippen molar-refractivity contribution in [3.63, 3.8) is 0 Å². The Balaban J connectivity index is 1.38. The maximum atomic E-state index is 13.7. The molecule has 1 aliphatic heterocycles. The Morgan fingerprint density at radius 2 is 1.82 bits per heavy atom. The van der Waals surface area contributed by atoms with Gasteiger partial charge in [0.05, 0.1) is 39.5 Å². The second kappa shape index (κ2) is 11.6. The van der Waals surface area contributed by atoms with Crippen molar-refractivity contribution < 1.29 is 27.2 Å². The molecular formula is C27H27ClN4O6S2. The van der Waals surface area contributed by atoms with Crippen molar-refractivity contribution in [1.29, 1.82) is 0 Å². The van der Waals surface area contributed by atoms with Crippen LogP contribution in [0.1, 0.15) is 28.6 Å². The van der Waals surface area contributed by atoms with Crippen LogP contribution in [0.3, 0.4) is 0 Å². The molecule has 0 aliphatic carbocycles. The fourth-order valence-corrected chi connectivity index (χ4v) is 7.13. The summed E-state index contributed by atoms with van der Waals surface area (Å²) in [5, 5.41) is 0.996. The number of anilines is 1. The summed E-state index contributed by atoms with van der Waals surface area (Å²) in [4.78, 5) is 33.4. The van der Waals surface area contributed by atoms with Crippen molar-refractivity contribution in [2.45, 2.75) is 25.3 Å². The van der Waals surface area contributed by atoms with Crippen LogP contribution in [0.25, 0.3) is 10.2 Å². The molecular weight excluding hydrogens is 576 g/mol. The van der Waals surface area contributed by atoms with Crippen molar-refractivity contribution in [3.8, 4) is 0 Å². The topological polar surface area (TPSA) is 113 Å². The van der Waals surface area contributed by atoms with E-state index in [1.807, 2.05) is 13.0 Å². The maximum Gasteiger partial charge on any atom is 0.409 e. The number of carbonyl (C=O) groups excluding carboxylic acids is 2. The number of furan rings is 1. The largest absolute Gasteiger partial charge is 0.467 e. The lowest BCUT2D eigenvalue weighted by Crippen LogP contribution is -2.50. The molecule has 3 heterocycles. The molecule has 1 aliphatic rings. The van der Waals surface area contributed by atoms with Crippen molar-refractivity contribution in [2.75, 3.05) is 37.7 Å². The number of piperazine rings is 1. The SMILES string of the molecule is CCOC(=O)N1CCN(S(=O)(=O)c2ccc(C(=O)N(Cc3ccco3)c3nc4c(C)ccc(Cl)c4s3)cc2)CC1. The number of fused-ring (bicyclic) bond motifs is 1. The molecule has 13 heteroatoms. The van der Waals surface area contributed by atoms with Crippen LogP contribution in [-0.2, 0) is 21.3 Å². The van der Waals surface area contributed by atoms with Gasteiger partial charge in [-0.05, 0) is 61.9 Å². The highest BCUT2D eigenvalue weighted by molar-refractivity contribution is 7.89. The standard InChI is InChI=1S/C27H27ClN4O6S2/c1-3-37-27(34)30-12-14-31(15-13-30)40(35,36)21-9-7-19(8-10-21)25(33)32(17-20-5-4-16-38-20)26-29-23-18(2)6-11-22(28)24(23)39-26/h4-11,16H,3,12-15,17H2,1-2H3. The predicted molar refractivity (Wildman–Crippen MR) is 152 cm³/mol. The number of halogens is 1. The van der Waals surface area contributed by atoms with Crippen molar-refractivity contribution in [2.24, 2.45) is 0 Å². The van der Waals surface area contributed by atoms with Crippen molar-refractivity contribution in [3.05, 3.63) is 76.7 Å². The Morgan fingerprint density at radius 3 is 2.45 bits per heavy atom. The fraction of sp³-hybridized carbons (Fsp3) is 0.296. The van der Waals surface area contributed by atoms with Gasteiger partial charge in [-0.1, -0.05) is 29.0 Å². The molecule has 0 bridgehead atoms. The van der Waals surface area contributed by atoms with Crippen LogP contribution >= 0.6 is 22.9 Å². The summed E-state index contributed by atoms with van der Waals surface area (Å²) in [5.74, 6) is 0.202. The highest BCUT2D eigenvalue weighted by Gasteiger charge is 2.31. The van der Waals surface area contributed by atoms with Crippen LogP contribution in [0.4, 0.5) is 9.93 Å². The number of carbonyl (C=O) groups is 2. The number of aryl methyl sites for hydroxylation is 1. The number of sulfonamides is 1. The number of hydrogen-bond acceptors (Lipinski definition) is 8. The van der Waals surface area contributed by atoms with Gasteiger partial charge in [-0.25, -0.2) is 18.2 Å². The third-order valence-electron chi connectivity index (χ3n) is 6.56. The summed E-state index contributed by atoms with van der Waals surface area (Å²) >= 11 is 7.71.